The van der Waals surface area contributed by atoms with E-state index >= 15 is 0 Å². The van der Waals surface area contributed by atoms with Gasteiger partial charge in [0.1, 0.15) is 0 Å². The van der Waals surface area contributed by atoms with Gasteiger partial charge >= 0.3 is 0 Å². The van der Waals surface area contributed by atoms with Crippen molar-refractivity contribution >= 4 is 38.9 Å². The monoisotopic (exact) mass is 740 g/mol. The Kier molecular flexibility index (Phi) is 8.90. The van der Waals surface area contributed by atoms with E-state index in [1.54, 1.807) is 24.3 Å². The Hall–Kier alpha value is -8.82. The van der Waals surface area contributed by atoms with Crippen LogP contribution in [0.5, 0.6) is 0 Å². The number of anilines is 3. The van der Waals surface area contributed by atoms with Crippen LogP contribution in [-0.4, -0.2) is 14.5 Å². The quantitative estimate of drug-likeness (QED) is 0.159. The first-order valence-corrected chi connectivity index (χ1v) is 18.4. The number of benzene rings is 7. The van der Waals surface area contributed by atoms with Gasteiger partial charge in [0, 0.05) is 50.2 Å². The van der Waals surface area contributed by atoms with Crippen LogP contribution >= 0.6 is 0 Å². The minimum Gasteiger partial charge on any atom is -0.310 e. The van der Waals surface area contributed by atoms with Crippen LogP contribution < -0.4 is 4.90 Å². The highest BCUT2D eigenvalue weighted by Crippen LogP contribution is 2.40. The van der Waals surface area contributed by atoms with Crippen molar-refractivity contribution in [3.05, 3.63) is 192 Å². The van der Waals surface area contributed by atoms with E-state index in [0.717, 1.165) is 66.9 Å². The number of fused-ring (bicyclic) bond motifs is 3. The van der Waals surface area contributed by atoms with Crippen molar-refractivity contribution in [2.45, 2.75) is 0 Å². The third-order valence-corrected chi connectivity index (χ3v) is 10.2. The molecule has 0 fully saturated rings. The summed E-state index contributed by atoms with van der Waals surface area (Å²) < 4.78 is 2.26. The zero-order valence-electron chi connectivity index (χ0n) is 30.7. The van der Waals surface area contributed by atoms with Crippen molar-refractivity contribution in [3.63, 3.8) is 0 Å². The fourth-order valence-corrected chi connectivity index (χ4v) is 7.26. The van der Waals surface area contributed by atoms with Crippen LogP contribution in [0.2, 0.25) is 0 Å². The summed E-state index contributed by atoms with van der Waals surface area (Å²) in [4.78, 5) is 12.0. The zero-order chi connectivity index (χ0) is 39.6. The number of aromatic nitrogens is 3. The summed E-state index contributed by atoms with van der Waals surface area (Å²) in [6, 6.07) is 63.3. The summed E-state index contributed by atoms with van der Waals surface area (Å²) in [5.41, 5.74) is 12.0. The Morgan fingerprint density at radius 1 is 0.397 bits per heavy atom. The maximum atomic E-state index is 9.47. The van der Waals surface area contributed by atoms with E-state index in [9.17, 15) is 21.0 Å². The molecule has 2 heterocycles. The molecule has 0 atom stereocenters. The zero-order valence-corrected chi connectivity index (χ0v) is 30.7. The van der Waals surface area contributed by atoms with Crippen LogP contribution in [0.3, 0.4) is 0 Å². The van der Waals surface area contributed by atoms with E-state index < -0.39 is 0 Å². The Morgan fingerprint density at radius 3 is 1.34 bits per heavy atom. The molecule has 9 aromatic rings. The van der Waals surface area contributed by atoms with Gasteiger partial charge in [0.15, 0.2) is 5.82 Å². The van der Waals surface area contributed by atoms with Crippen LogP contribution in [0.1, 0.15) is 22.3 Å². The van der Waals surface area contributed by atoms with Crippen LogP contribution in [0, 0.1) is 45.3 Å². The highest BCUT2D eigenvalue weighted by molar-refractivity contribution is 6.10. The first kappa shape index (κ1) is 34.9. The molecule has 0 radical (unpaired) electrons. The van der Waals surface area contributed by atoms with Crippen LogP contribution in [-0.2, 0) is 0 Å². The van der Waals surface area contributed by atoms with Crippen LogP contribution in [0.15, 0.2) is 170 Å². The summed E-state index contributed by atoms with van der Waals surface area (Å²) in [7, 11) is 0. The molecule has 0 aliphatic rings. The molecule has 8 nitrogen and oxygen atoms in total. The summed E-state index contributed by atoms with van der Waals surface area (Å²) in [5.74, 6) is 0.527. The Bertz CT molecular complexity index is 3040. The van der Waals surface area contributed by atoms with Gasteiger partial charge in [-0.3, -0.25) is 0 Å². The second kappa shape index (κ2) is 14.8. The predicted octanol–water partition coefficient (Wildman–Crippen LogP) is 11.5. The maximum absolute atomic E-state index is 9.47. The molecule has 0 spiro atoms. The normalized spacial score (nSPS) is 10.7. The summed E-state index contributed by atoms with van der Waals surface area (Å²) in [6.07, 6.45) is 0. The van der Waals surface area contributed by atoms with Gasteiger partial charge in [-0.15, -0.1) is 0 Å². The number of hydrogen-bond acceptors (Lipinski definition) is 7. The molecule has 0 N–H and O–H groups in total. The van der Waals surface area contributed by atoms with E-state index in [-0.39, 0.29) is 0 Å². The van der Waals surface area contributed by atoms with E-state index in [4.69, 9.17) is 9.97 Å². The molecule has 0 saturated carbocycles. The lowest BCUT2D eigenvalue weighted by atomic mass is 10.0. The molecule has 0 amide bonds. The topological polar surface area (TPSA) is 129 Å². The number of nitriles is 4. The fraction of sp³-hybridized carbons (Fsp3) is 0. The van der Waals surface area contributed by atoms with Crippen molar-refractivity contribution in [1.29, 1.82) is 21.0 Å². The molecule has 2 aromatic heterocycles. The first-order valence-electron chi connectivity index (χ1n) is 18.4. The maximum Gasteiger partial charge on any atom is 0.160 e. The molecule has 9 rings (SSSR count). The Balaban J connectivity index is 1.14. The van der Waals surface area contributed by atoms with Crippen LogP contribution in [0.25, 0.3) is 61.4 Å². The molecule has 0 aliphatic carbocycles. The van der Waals surface area contributed by atoms with Gasteiger partial charge in [-0.25, -0.2) is 9.97 Å². The van der Waals surface area contributed by atoms with E-state index in [0.29, 0.717) is 33.8 Å². The van der Waals surface area contributed by atoms with Gasteiger partial charge in [-0.2, -0.15) is 21.0 Å². The smallest absolute Gasteiger partial charge is 0.160 e. The fourth-order valence-electron chi connectivity index (χ4n) is 7.26. The molecule has 268 valence electrons. The first-order chi connectivity index (χ1) is 28.5. The Morgan fingerprint density at radius 2 is 0.828 bits per heavy atom. The van der Waals surface area contributed by atoms with Crippen molar-refractivity contribution in [3.8, 4) is 63.9 Å². The number of nitrogens with zero attached hydrogens (tertiary/aromatic N) is 8. The van der Waals surface area contributed by atoms with Gasteiger partial charge in [0.2, 0.25) is 0 Å². The van der Waals surface area contributed by atoms with Gasteiger partial charge in [-0.05, 0) is 127 Å². The van der Waals surface area contributed by atoms with Crippen molar-refractivity contribution in [1.82, 2.24) is 14.5 Å². The molecule has 8 heteroatoms. The third kappa shape index (κ3) is 6.42. The van der Waals surface area contributed by atoms with Gasteiger partial charge in [0.25, 0.3) is 0 Å². The minimum atomic E-state index is 0.527. The largest absolute Gasteiger partial charge is 0.310 e. The summed E-state index contributed by atoms with van der Waals surface area (Å²) in [5, 5.41) is 39.8. The number of rotatable bonds is 7. The van der Waals surface area contributed by atoms with E-state index in [2.05, 4.69) is 88.3 Å². The molecular weight excluding hydrogens is 713 g/mol. The molecule has 0 unspecified atom stereocenters. The SMILES string of the molecule is N#Cc1ccc(-c2cc(-c3ccc(-n4c5ccccc5c5cc(N(c6ccc(C#N)cc6)c6ccc(C#N)cc6)ccc54)cc3)nc(-c3ccc(C#N)cc3)n2)cc1. The molecule has 58 heavy (non-hydrogen) atoms. The van der Waals surface area contributed by atoms with Crippen molar-refractivity contribution in [2.24, 2.45) is 0 Å². The average Bonchev–Trinajstić information content (AvgIpc) is 3.63. The predicted molar refractivity (Wildman–Crippen MR) is 226 cm³/mol. The standard InChI is InChI=1S/C50H28N8/c51-29-33-5-13-37(14-6-33)46-28-47(56-50(55-46)39-15-7-34(30-52)8-16-39)38-17-23-42(24-18-38)58-48-4-2-1-3-44(48)45-27-43(25-26-49(45)58)57(40-19-9-35(31-53)10-20-40)41-21-11-36(32-54)12-22-41/h1-28H. The molecule has 0 saturated heterocycles. The molecular formula is C50H28N8. The highest BCUT2D eigenvalue weighted by atomic mass is 15.1. The number of hydrogen-bond donors (Lipinski definition) is 0. The molecule has 7 aromatic carbocycles. The highest BCUT2D eigenvalue weighted by Gasteiger charge is 2.18. The lowest BCUT2D eigenvalue weighted by Crippen LogP contribution is -2.10. The van der Waals surface area contributed by atoms with Crippen molar-refractivity contribution < 1.29 is 0 Å². The second-order valence-corrected chi connectivity index (χ2v) is 13.6. The third-order valence-electron chi connectivity index (χ3n) is 10.2. The minimum absolute atomic E-state index is 0.527. The summed E-state index contributed by atoms with van der Waals surface area (Å²) in [6.45, 7) is 0. The van der Waals surface area contributed by atoms with E-state index in [1.807, 2.05) is 91.0 Å². The van der Waals surface area contributed by atoms with Crippen LogP contribution in [0.4, 0.5) is 17.1 Å². The average molecular weight is 741 g/mol. The Labute approximate surface area is 334 Å². The number of para-hydroxylation sites is 1. The van der Waals surface area contributed by atoms with Gasteiger partial charge in [0.05, 0.1) is 69.0 Å². The molecule has 0 bridgehead atoms. The van der Waals surface area contributed by atoms with E-state index in [1.165, 1.54) is 0 Å². The lowest BCUT2D eigenvalue weighted by Gasteiger charge is -2.25. The second-order valence-electron chi connectivity index (χ2n) is 13.6. The van der Waals surface area contributed by atoms with Gasteiger partial charge < -0.3 is 9.47 Å². The van der Waals surface area contributed by atoms with Crippen molar-refractivity contribution in [2.75, 3.05) is 4.90 Å². The molecule has 0 aliphatic heterocycles. The lowest BCUT2D eigenvalue weighted by molar-refractivity contribution is 1.17. The summed E-state index contributed by atoms with van der Waals surface area (Å²) >= 11 is 0. The van der Waals surface area contributed by atoms with Gasteiger partial charge in [-0.1, -0.05) is 42.5 Å².